The van der Waals surface area contributed by atoms with Crippen molar-refractivity contribution in [3.63, 3.8) is 0 Å². The molecule has 0 aliphatic heterocycles. The molecule has 1 fully saturated rings. The largest absolute Gasteiger partial charge is 0.305 e. The first kappa shape index (κ1) is 15.6. The normalized spacial score (nSPS) is 14.7. The lowest BCUT2D eigenvalue weighted by Crippen LogP contribution is -2.18. The molecule has 7 heteroatoms. The van der Waals surface area contributed by atoms with Gasteiger partial charge in [0.25, 0.3) is 5.91 Å². The number of carbonyl (C=O) groups is 1. The van der Waals surface area contributed by atoms with E-state index in [9.17, 15) is 4.79 Å². The van der Waals surface area contributed by atoms with Crippen LogP contribution in [0.4, 0.5) is 5.82 Å². The summed E-state index contributed by atoms with van der Waals surface area (Å²) in [6.07, 6.45) is 8.03. The van der Waals surface area contributed by atoms with Gasteiger partial charge in [-0.3, -0.25) is 4.79 Å². The van der Waals surface area contributed by atoms with Crippen LogP contribution in [0.3, 0.4) is 0 Å². The number of anilines is 1. The molecule has 0 saturated heterocycles. The lowest BCUT2D eigenvalue weighted by Gasteiger charge is -2.14. The SMILES string of the molecule is O=C(Nc1ccnn1C1CCCC1)c1cn(Cc2ccccc2)nn1. The van der Waals surface area contributed by atoms with Crippen LogP contribution < -0.4 is 5.32 Å². The minimum absolute atomic E-state index is 0.265. The molecule has 7 nitrogen and oxygen atoms in total. The molecule has 1 aliphatic rings. The van der Waals surface area contributed by atoms with Gasteiger partial charge in [-0.05, 0) is 18.4 Å². The number of hydrogen-bond acceptors (Lipinski definition) is 4. The van der Waals surface area contributed by atoms with E-state index in [1.807, 2.05) is 41.1 Å². The highest BCUT2D eigenvalue weighted by Gasteiger charge is 2.21. The maximum atomic E-state index is 12.5. The standard InChI is InChI=1S/C18H20N6O/c25-18(20-17-10-11-19-24(17)15-8-4-5-9-15)16-13-23(22-21-16)12-14-6-2-1-3-7-14/h1-3,6-7,10-11,13,15H,4-5,8-9,12H2,(H,20,25). The van der Waals surface area contributed by atoms with Gasteiger partial charge in [0.1, 0.15) is 5.82 Å². The van der Waals surface area contributed by atoms with Gasteiger partial charge in [-0.15, -0.1) is 5.10 Å². The first-order chi connectivity index (χ1) is 12.3. The van der Waals surface area contributed by atoms with Gasteiger partial charge in [-0.2, -0.15) is 5.10 Å². The quantitative estimate of drug-likeness (QED) is 0.777. The fourth-order valence-electron chi connectivity index (χ4n) is 3.28. The van der Waals surface area contributed by atoms with Crippen LogP contribution in [0.2, 0.25) is 0 Å². The fourth-order valence-corrected chi connectivity index (χ4v) is 3.28. The highest BCUT2D eigenvalue weighted by atomic mass is 16.2. The Kier molecular flexibility index (Phi) is 4.28. The van der Waals surface area contributed by atoms with E-state index in [1.54, 1.807) is 17.1 Å². The van der Waals surface area contributed by atoms with Crippen molar-refractivity contribution in [2.45, 2.75) is 38.3 Å². The molecule has 0 radical (unpaired) electrons. The Labute approximate surface area is 145 Å². The first-order valence-corrected chi connectivity index (χ1v) is 8.58. The molecule has 1 aliphatic carbocycles. The number of nitrogens with one attached hydrogen (secondary N) is 1. The molecule has 1 N–H and O–H groups in total. The average Bonchev–Trinajstić information content (AvgIpc) is 3.37. The molecular weight excluding hydrogens is 316 g/mol. The Hall–Kier alpha value is -2.96. The number of aromatic nitrogens is 5. The number of hydrogen-bond donors (Lipinski definition) is 1. The van der Waals surface area contributed by atoms with Crippen LogP contribution >= 0.6 is 0 Å². The number of carbonyl (C=O) groups excluding carboxylic acids is 1. The van der Waals surface area contributed by atoms with Crippen LogP contribution in [-0.2, 0) is 6.54 Å². The fraction of sp³-hybridized carbons (Fsp3) is 0.333. The second kappa shape index (κ2) is 6.88. The van der Waals surface area contributed by atoms with Crippen molar-refractivity contribution in [3.05, 3.63) is 60.0 Å². The summed E-state index contributed by atoms with van der Waals surface area (Å²) in [6, 6.07) is 12.2. The molecule has 3 aromatic rings. The van der Waals surface area contributed by atoms with Crippen LogP contribution in [-0.4, -0.2) is 30.7 Å². The van der Waals surface area contributed by atoms with Crippen LogP contribution in [0.1, 0.15) is 47.8 Å². The van der Waals surface area contributed by atoms with Crippen LogP contribution in [0.25, 0.3) is 0 Å². The summed E-state index contributed by atoms with van der Waals surface area (Å²) in [5.41, 5.74) is 1.41. The van der Waals surface area contributed by atoms with E-state index in [0.29, 0.717) is 18.3 Å². The molecule has 128 valence electrons. The third kappa shape index (κ3) is 3.45. The zero-order valence-electron chi connectivity index (χ0n) is 13.9. The molecule has 25 heavy (non-hydrogen) atoms. The van der Waals surface area contributed by atoms with Crippen molar-refractivity contribution >= 4 is 11.7 Å². The third-order valence-corrected chi connectivity index (χ3v) is 4.54. The van der Waals surface area contributed by atoms with E-state index in [-0.39, 0.29) is 5.91 Å². The highest BCUT2D eigenvalue weighted by Crippen LogP contribution is 2.31. The van der Waals surface area contributed by atoms with Crippen LogP contribution in [0.5, 0.6) is 0 Å². The molecule has 4 rings (SSSR count). The van der Waals surface area contributed by atoms with Crippen molar-refractivity contribution in [1.29, 1.82) is 0 Å². The van der Waals surface area contributed by atoms with E-state index in [2.05, 4.69) is 20.7 Å². The Morgan fingerprint density at radius 1 is 1.16 bits per heavy atom. The van der Waals surface area contributed by atoms with Gasteiger partial charge in [0.2, 0.25) is 0 Å². The predicted octanol–water partition coefficient (Wildman–Crippen LogP) is 2.89. The van der Waals surface area contributed by atoms with Crippen molar-refractivity contribution in [2.24, 2.45) is 0 Å². The summed E-state index contributed by atoms with van der Waals surface area (Å²) in [7, 11) is 0. The van der Waals surface area contributed by atoms with Gasteiger partial charge in [0.15, 0.2) is 5.69 Å². The summed E-state index contributed by atoms with van der Waals surface area (Å²) in [5.74, 6) is 0.452. The summed E-state index contributed by atoms with van der Waals surface area (Å²) in [4.78, 5) is 12.5. The molecule has 2 heterocycles. The number of nitrogens with zero attached hydrogens (tertiary/aromatic N) is 5. The molecule has 1 aromatic carbocycles. The third-order valence-electron chi connectivity index (χ3n) is 4.54. The van der Waals surface area contributed by atoms with Gasteiger partial charge in [-0.1, -0.05) is 48.4 Å². The lowest BCUT2D eigenvalue weighted by atomic mass is 10.2. The average molecular weight is 336 g/mol. The second-order valence-electron chi connectivity index (χ2n) is 6.34. The van der Waals surface area contributed by atoms with Crippen molar-refractivity contribution < 1.29 is 4.79 Å². The summed E-state index contributed by atoms with van der Waals surface area (Å²) >= 11 is 0. The second-order valence-corrected chi connectivity index (χ2v) is 6.34. The predicted molar refractivity (Wildman–Crippen MR) is 93.3 cm³/mol. The molecule has 1 amide bonds. The zero-order chi connectivity index (χ0) is 17.1. The van der Waals surface area contributed by atoms with E-state index in [1.165, 1.54) is 12.8 Å². The number of rotatable bonds is 5. The monoisotopic (exact) mass is 336 g/mol. The molecule has 0 atom stereocenters. The topological polar surface area (TPSA) is 77.6 Å². The minimum atomic E-state index is -0.265. The van der Waals surface area contributed by atoms with Crippen LogP contribution in [0, 0.1) is 0 Å². The Morgan fingerprint density at radius 3 is 2.76 bits per heavy atom. The van der Waals surface area contributed by atoms with E-state index in [0.717, 1.165) is 24.2 Å². The number of amides is 1. The van der Waals surface area contributed by atoms with E-state index >= 15 is 0 Å². The smallest absolute Gasteiger partial charge is 0.278 e. The highest BCUT2D eigenvalue weighted by molar-refractivity contribution is 6.02. The number of benzene rings is 1. The summed E-state index contributed by atoms with van der Waals surface area (Å²) in [6.45, 7) is 0.584. The van der Waals surface area contributed by atoms with Gasteiger partial charge < -0.3 is 5.32 Å². The maximum Gasteiger partial charge on any atom is 0.278 e. The molecule has 0 bridgehead atoms. The first-order valence-electron chi connectivity index (χ1n) is 8.58. The summed E-state index contributed by atoms with van der Waals surface area (Å²) in [5, 5.41) is 15.3. The van der Waals surface area contributed by atoms with E-state index < -0.39 is 0 Å². The van der Waals surface area contributed by atoms with Crippen molar-refractivity contribution in [1.82, 2.24) is 24.8 Å². The maximum absolute atomic E-state index is 12.5. The van der Waals surface area contributed by atoms with Gasteiger partial charge >= 0.3 is 0 Å². The lowest BCUT2D eigenvalue weighted by molar-refractivity contribution is 0.102. The molecule has 0 unspecified atom stereocenters. The van der Waals surface area contributed by atoms with Crippen LogP contribution in [0.15, 0.2) is 48.8 Å². The molecule has 1 saturated carbocycles. The van der Waals surface area contributed by atoms with E-state index in [4.69, 9.17) is 0 Å². The van der Waals surface area contributed by atoms with Crippen molar-refractivity contribution in [2.75, 3.05) is 5.32 Å². The Bertz CT molecular complexity index is 847. The van der Waals surface area contributed by atoms with Gasteiger partial charge in [0, 0.05) is 6.07 Å². The van der Waals surface area contributed by atoms with Gasteiger partial charge in [0.05, 0.1) is 25.0 Å². The minimum Gasteiger partial charge on any atom is -0.305 e. The molecule has 0 spiro atoms. The molecule has 2 aromatic heterocycles. The molecular formula is C18H20N6O. The van der Waals surface area contributed by atoms with Gasteiger partial charge in [-0.25, -0.2) is 9.36 Å². The Morgan fingerprint density at radius 2 is 1.96 bits per heavy atom. The summed E-state index contributed by atoms with van der Waals surface area (Å²) < 4.78 is 3.58. The zero-order valence-corrected chi connectivity index (χ0v) is 13.9. The Balaban J connectivity index is 1.44. The van der Waals surface area contributed by atoms with Crippen molar-refractivity contribution in [3.8, 4) is 0 Å².